The highest BCUT2D eigenvalue weighted by molar-refractivity contribution is 8.14. The van der Waals surface area contributed by atoms with E-state index in [1.807, 2.05) is 30.3 Å². The van der Waals surface area contributed by atoms with E-state index >= 15 is 0 Å². The van der Waals surface area contributed by atoms with Crippen LogP contribution in [0.3, 0.4) is 0 Å². The van der Waals surface area contributed by atoms with Gasteiger partial charge in [-0.05, 0) is 12.1 Å². The van der Waals surface area contributed by atoms with Crippen LogP contribution in [0.1, 0.15) is 0 Å². The molecule has 0 saturated heterocycles. The first-order valence-electron chi connectivity index (χ1n) is 5.33. The number of amides is 1. The Balaban J connectivity index is 2.09. The molecule has 7 heteroatoms. The topological polar surface area (TPSA) is 93.5 Å². The molecule has 5 N–H and O–H groups in total. The number of hydrogen-bond donors (Lipinski definition) is 3. The summed E-state index contributed by atoms with van der Waals surface area (Å²) in [4.78, 5) is 12.6. The van der Waals surface area contributed by atoms with Gasteiger partial charge in [0.15, 0.2) is 5.17 Å². The van der Waals surface area contributed by atoms with Gasteiger partial charge in [0.2, 0.25) is 5.91 Å². The predicted molar refractivity (Wildman–Crippen MR) is 78.4 cm³/mol. The van der Waals surface area contributed by atoms with Gasteiger partial charge in [-0.15, -0.1) is 11.8 Å². The van der Waals surface area contributed by atoms with Gasteiger partial charge in [0, 0.05) is 17.2 Å². The zero-order valence-corrected chi connectivity index (χ0v) is 11.5. The maximum atomic E-state index is 11.4. The number of nitrogens with one attached hydrogen (secondary N) is 1. The quantitative estimate of drug-likeness (QED) is 0.179. The van der Waals surface area contributed by atoms with Gasteiger partial charge >= 0.3 is 0 Å². The second-order valence-corrected chi connectivity index (χ2v) is 5.43. The number of amidine groups is 1. The minimum Gasteiger partial charge on any atom is -0.377 e. The van der Waals surface area contributed by atoms with E-state index in [2.05, 4.69) is 10.4 Å². The lowest BCUT2D eigenvalue weighted by Gasteiger charge is -2.04. The Morgan fingerprint density at radius 1 is 1.33 bits per heavy atom. The highest BCUT2D eigenvalue weighted by Crippen LogP contribution is 2.15. The van der Waals surface area contributed by atoms with E-state index in [9.17, 15) is 4.79 Å². The van der Waals surface area contributed by atoms with Crippen molar-refractivity contribution in [3.05, 3.63) is 30.3 Å². The molecular weight excluding hydrogens is 268 g/mol. The molecule has 1 amide bonds. The second-order valence-electron chi connectivity index (χ2n) is 3.27. The van der Waals surface area contributed by atoms with Gasteiger partial charge in [0.25, 0.3) is 0 Å². The fraction of sp³-hybridized carbons (Fsp3) is 0.273. The zero-order valence-electron chi connectivity index (χ0n) is 9.83. The van der Waals surface area contributed by atoms with Crippen LogP contribution in [0.2, 0.25) is 0 Å². The molecule has 0 atom stereocenters. The molecule has 0 aliphatic carbocycles. The summed E-state index contributed by atoms with van der Waals surface area (Å²) in [6.45, 7) is 0.624. The molecule has 0 spiro atoms. The van der Waals surface area contributed by atoms with Crippen molar-refractivity contribution < 1.29 is 4.79 Å². The van der Waals surface area contributed by atoms with Crippen LogP contribution < -0.4 is 16.9 Å². The van der Waals surface area contributed by atoms with Crippen LogP contribution in [0, 0.1) is 0 Å². The number of nitrogens with zero attached hydrogens (tertiary/aromatic N) is 1. The lowest BCUT2D eigenvalue weighted by Crippen LogP contribution is -2.28. The summed E-state index contributed by atoms with van der Waals surface area (Å²) in [6, 6.07) is 10.0. The molecule has 1 aromatic carbocycles. The fourth-order valence-electron chi connectivity index (χ4n) is 1.10. The summed E-state index contributed by atoms with van der Waals surface area (Å²) in [7, 11) is 0. The lowest BCUT2D eigenvalue weighted by atomic mass is 10.4. The van der Waals surface area contributed by atoms with E-state index in [4.69, 9.17) is 11.6 Å². The van der Waals surface area contributed by atoms with Crippen molar-refractivity contribution in [3.63, 3.8) is 0 Å². The maximum Gasteiger partial charge on any atom is 0.230 e. The Morgan fingerprint density at radius 3 is 2.72 bits per heavy atom. The molecule has 1 aromatic rings. The Hall–Kier alpha value is -1.34. The molecule has 1 rings (SSSR count). The largest absolute Gasteiger partial charge is 0.377 e. The third-order valence-electron chi connectivity index (χ3n) is 1.91. The van der Waals surface area contributed by atoms with Gasteiger partial charge in [-0.3, -0.25) is 4.79 Å². The number of benzene rings is 1. The minimum atomic E-state index is -0.0692. The van der Waals surface area contributed by atoms with Crippen LogP contribution in [0.25, 0.3) is 0 Å². The Bertz CT molecular complexity index is 397. The van der Waals surface area contributed by atoms with Crippen molar-refractivity contribution in [2.75, 3.05) is 18.1 Å². The van der Waals surface area contributed by atoms with E-state index in [1.165, 1.54) is 4.90 Å². The first-order chi connectivity index (χ1) is 8.72. The van der Waals surface area contributed by atoms with Crippen molar-refractivity contribution in [2.45, 2.75) is 4.90 Å². The van der Waals surface area contributed by atoms with Crippen LogP contribution in [-0.4, -0.2) is 29.1 Å². The number of thioether (sulfide) groups is 2. The van der Waals surface area contributed by atoms with Gasteiger partial charge < -0.3 is 16.9 Å². The molecule has 0 aliphatic rings. The summed E-state index contributed by atoms with van der Waals surface area (Å²) in [5.74, 6) is 5.96. The maximum absolute atomic E-state index is 11.4. The van der Waals surface area contributed by atoms with Gasteiger partial charge in [-0.1, -0.05) is 30.0 Å². The first-order valence-corrected chi connectivity index (χ1v) is 7.30. The van der Waals surface area contributed by atoms with Crippen molar-refractivity contribution in [2.24, 2.45) is 16.7 Å². The van der Waals surface area contributed by atoms with Gasteiger partial charge in [0.1, 0.15) is 0 Å². The Labute approximate surface area is 115 Å². The smallest absolute Gasteiger partial charge is 0.230 e. The average molecular weight is 284 g/mol. The zero-order chi connectivity index (χ0) is 13.2. The number of hydrogen-bond acceptors (Lipinski definition) is 5. The third kappa shape index (κ3) is 6.41. The van der Waals surface area contributed by atoms with Crippen molar-refractivity contribution in [1.29, 1.82) is 0 Å². The Morgan fingerprint density at radius 2 is 2.06 bits per heavy atom. The molecule has 0 saturated carbocycles. The first kappa shape index (κ1) is 14.7. The molecule has 5 nitrogen and oxygen atoms in total. The van der Waals surface area contributed by atoms with Crippen molar-refractivity contribution >= 4 is 34.6 Å². The molecule has 0 heterocycles. The molecule has 0 aromatic heterocycles. The van der Waals surface area contributed by atoms with Crippen LogP contribution >= 0.6 is 23.5 Å². The van der Waals surface area contributed by atoms with E-state index < -0.39 is 0 Å². The molecule has 0 radical (unpaired) electrons. The number of carbonyl (C=O) groups excluding carboxylic acids is 1. The minimum absolute atomic E-state index is 0.0692. The fourth-order valence-corrected chi connectivity index (χ4v) is 2.35. The average Bonchev–Trinajstić information content (AvgIpc) is 2.42. The normalized spacial score (nSPS) is 11.2. The van der Waals surface area contributed by atoms with Gasteiger partial charge in [-0.2, -0.15) is 5.10 Å². The summed E-state index contributed by atoms with van der Waals surface area (Å²) in [5, 5.41) is 6.28. The number of nitrogens with two attached hydrogens (primary N) is 2. The highest BCUT2D eigenvalue weighted by atomic mass is 32.2. The summed E-state index contributed by atoms with van der Waals surface area (Å²) < 4.78 is 0. The van der Waals surface area contributed by atoms with Gasteiger partial charge in [-0.25, -0.2) is 0 Å². The third-order valence-corrected chi connectivity index (χ3v) is 3.74. The Kier molecular flexibility index (Phi) is 7.12. The SMILES string of the molecule is NN=C(N)SCC(=O)NCCSc1ccccc1. The molecule has 0 unspecified atom stereocenters. The molecule has 98 valence electrons. The molecule has 0 bridgehead atoms. The number of rotatable bonds is 6. The standard InChI is InChI=1S/C11H16N4OS2/c12-11(15-13)18-8-10(16)14-6-7-17-9-4-2-1-3-5-9/h1-5H,6-8,13H2,(H2,12,15)(H,14,16). The van der Waals surface area contributed by atoms with E-state index in [1.54, 1.807) is 11.8 Å². The summed E-state index contributed by atoms with van der Waals surface area (Å²) in [6.07, 6.45) is 0. The molecule has 0 fully saturated rings. The van der Waals surface area contributed by atoms with Gasteiger partial charge in [0.05, 0.1) is 5.75 Å². The van der Waals surface area contributed by atoms with Crippen molar-refractivity contribution in [3.8, 4) is 0 Å². The predicted octanol–water partition coefficient (Wildman–Crippen LogP) is 0.817. The summed E-state index contributed by atoms with van der Waals surface area (Å²) >= 11 is 2.82. The van der Waals surface area contributed by atoms with Crippen molar-refractivity contribution in [1.82, 2.24) is 5.32 Å². The lowest BCUT2D eigenvalue weighted by molar-refractivity contribution is -0.118. The molecule has 18 heavy (non-hydrogen) atoms. The number of hydrazone groups is 1. The van der Waals surface area contributed by atoms with E-state index in [0.29, 0.717) is 6.54 Å². The highest BCUT2D eigenvalue weighted by Gasteiger charge is 2.02. The van der Waals surface area contributed by atoms with E-state index in [0.717, 1.165) is 17.5 Å². The van der Waals surface area contributed by atoms with Crippen LogP contribution in [0.15, 0.2) is 40.3 Å². The molecular formula is C11H16N4OS2. The van der Waals surface area contributed by atoms with Crippen LogP contribution in [0.5, 0.6) is 0 Å². The molecule has 0 aliphatic heterocycles. The van der Waals surface area contributed by atoms with Crippen LogP contribution in [0.4, 0.5) is 0 Å². The number of carbonyl (C=O) groups is 1. The second kappa shape index (κ2) is 8.71. The summed E-state index contributed by atoms with van der Waals surface area (Å²) in [5.41, 5.74) is 5.36. The van der Waals surface area contributed by atoms with Crippen LogP contribution in [-0.2, 0) is 4.79 Å². The monoisotopic (exact) mass is 284 g/mol. The van der Waals surface area contributed by atoms with E-state index in [-0.39, 0.29) is 16.8 Å².